The molecule has 0 aromatic carbocycles. The zero-order valence-corrected chi connectivity index (χ0v) is 8.56. The van der Waals surface area contributed by atoms with Crippen LogP contribution in [0.1, 0.15) is 12.8 Å². The van der Waals surface area contributed by atoms with E-state index in [1.165, 1.54) is 11.0 Å². The molecule has 74 valence electrons. The number of allylic oxidation sites excluding steroid dienone is 6. The van der Waals surface area contributed by atoms with E-state index < -0.39 is 0 Å². The van der Waals surface area contributed by atoms with Gasteiger partial charge in [-0.3, -0.25) is 0 Å². The van der Waals surface area contributed by atoms with Crippen LogP contribution in [-0.2, 0) is 0 Å². The van der Waals surface area contributed by atoms with Crippen LogP contribution < -0.4 is 5.73 Å². The lowest BCUT2D eigenvalue weighted by atomic mass is 9.48. The van der Waals surface area contributed by atoms with Gasteiger partial charge in [-0.15, -0.1) is 0 Å². The summed E-state index contributed by atoms with van der Waals surface area (Å²) in [4.78, 5) is 2.22. The molecule has 0 aromatic rings. The highest BCUT2D eigenvalue weighted by Crippen LogP contribution is 2.30. The van der Waals surface area contributed by atoms with E-state index >= 15 is 0 Å². The van der Waals surface area contributed by atoms with Crippen LogP contribution in [0.5, 0.6) is 0 Å². The molecular weight excluding hydrogens is 183 g/mol. The molecule has 2 nitrogen and oxygen atoms in total. The van der Waals surface area contributed by atoms with Crippen molar-refractivity contribution < 1.29 is 0 Å². The molecule has 3 aliphatic rings. The van der Waals surface area contributed by atoms with E-state index in [1.807, 2.05) is 6.08 Å². The molecule has 3 rings (SSSR count). The first-order valence-electron chi connectivity index (χ1n) is 5.35. The summed E-state index contributed by atoms with van der Waals surface area (Å²) in [5.41, 5.74) is 9.57. The van der Waals surface area contributed by atoms with Gasteiger partial charge in [0, 0.05) is 5.70 Å². The number of rotatable bonds is 0. The molecule has 0 bridgehead atoms. The largest absolute Gasteiger partial charge is 0.400 e. The standard InChI is InChI=1S/C12H13BN2/c14-11-6-8-15-7-5-10-3-1-2-4-12(10)13(15)9-11/h1,3,5-9H,2,4,14H2. The van der Waals surface area contributed by atoms with Crippen LogP contribution >= 0.6 is 0 Å². The minimum Gasteiger partial charge on any atom is -0.400 e. The molecule has 0 saturated carbocycles. The molecule has 0 saturated heterocycles. The lowest BCUT2D eigenvalue weighted by Gasteiger charge is -2.32. The van der Waals surface area contributed by atoms with Crippen molar-refractivity contribution in [1.29, 1.82) is 0 Å². The Morgan fingerprint density at radius 1 is 1.20 bits per heavy atom. The van der Waals surface area contributed by atoms with Crippen LogP contribution in [0.4, 0.5) is 0 Å². The zero-order valence-electron chi connectivity index (χ0n) is 8.56. The highest BCUT2D eigenvalue weighted by molar-refractivity contribution is 6.70. The summed E-state index contributed by atoms with van der Waals surface area (Å²) in [5.74, 6) is 2.14. The number of hydrogen-bond acceptors (Lipinski definition) is 2. The first-order chi connectivity index (χ1) is 7.34. The predicted molar refractivity (Wildman–Crippen MR) is 63.5 cm³/mol. The molecule has 1 aliphatic carbocycles. The molecule has 2 N–H and O–H groups in total. The molecule has 2 aliphatic heterocycles. The third kappa shape index (κ3) is 1.35. The van der Waals surface area contributed by atoms with Gasteiger partial charge in [0.2, 0.25) is 0 Å². The van der Waals surface area contributed by atoms with Crippen LogP contribution in [0.3, 0.4) is 0 Å². The summed E-state index contributed by atoms with van der Waals surface area (Å²) >= 11 is 0. The maximum atomic E-state index is 5.85. The first kappa shape index (κ1) is 8.66. The van der Waals surface area contributed by atoms with Crippen LogP contribution in [-0.4, -0.2) is 11.7 Å². The first-order valence-corrected chi connectivity index (χ1v) is 5.35. The zero-order chi connectivity index (χ0) is 10.3. The van der Waals surface area contributed by atoms with Gasteiger partial charge >= 0.3 is 6.85 Å². The van der Waals surface area contributed by atoms with Crippen molar-refractivity contribution in [3.05, 3.63) is 59.4 Å². The van der Waals surface area contributed by atoms with Gasteiger partial charge in [-0.05, 0) is 43.0 Å². The van der Waals surface area contributed by atoms with Crippen LogP contribution in [0.25, 0.3) is 0 Å². The SMILES string of the molecule is NC1=CB2C3=C(C=CCC3)C=CN2C=C1. The van der Waals surface area contributed by atoms with Gasteiger partial charge in [0.1, 0.15) is 0 Å². The monoisotopic (exact) mass is 196 g/mol. The minimum atomic E-state index is 0.347. The number of fused-ring (bicyclic) bond motifs is 2. The van der Waals surface area contributed by atoms with Crippen LogP contribution in [0.2, 0.25) is 0 Å². The number of hydrogen-bond donors (Lipinski definition) is 1. The van der Waals surface area contributed by atoms with Gasteiger partial charge < -0.3 is 10.5 Å². The Labute approximate surface area is 90.2 Å². The quantitative estimate of drug-likeness (QED) is 0.599. The highest BCUT2D eigenvalue weighted by atomic mass is 15.0. The van der Waals surface area contributed by atoms with Crippen molar-refractivity contribution in [2.45, 2.75) is 12.8 Å². The average molecular weight is 196 g/mol. The average Bonchev–Trinajstić information content (AvgIpc) is 2.29. The third-order valence-corrected chi connectivity index (χ3v) is 3.14. The van der Waals surface area contributed by atoms with Gasteiger partial charge in [0.05, 0.1) is 0 Å². The molecule has 0 spiro atoms. The van der Waals surface area contributed by atoms with Gasteiger partial charge in [-0.1, -0.05) is 23.6 Å². The van der Waals surface area contributed by atoms with Gasteiger partial charge in [-0.25, -0.2) is 0 Å². The Morgan fingerprint density at radius 2 is 2.07 bits per heavy atom. The Balaban J connectivity index is 2.04. The molecule has 15 heavy (non-hydrogen) atoms. The third-order valence-electron chi connectivity index (χ3n) is 3.14. The summed E-state index contributed by atoms with van der Waals surface area (Å²) in [6, 6.07) is 0. The summed E-state index contributed by atoms with van der Waals surface area (Å²) in [5, 5.41) is 0. The van der Waals surface area contributed by atoms with Crippen molar-refractivity contribution in [1.82, 2.24) is 4.81 Å². The summed E-state index contributed by atoms with van der Waals surface area (Å²) in [6.45, 7) is 0.347. The fourth-order valence-electron chi connectivity index (χ4n) is 2.36. The maximum absolute atomic E-state index is 5.85. The molecule has 0 atom stereocenters. The van der Waals surface area contributed by atoms with Crippen molar-refractivity contribution >= 4 is 6.85 Å². The van der Waals surface area contributed by atoms with Crippen LogP contribution in [0.15, 0.2) is 59.4 Å². The lowest BCUT2D eigenvalue weighted by Crippen LogP contribution is -2.38. The second kappa shape index (κ2) is 3.19. The minimum absolute atomic E-state index is 0.347. The smallest absolute Gasteiger partial charge is 0.318 e. The molecule has 0 fully saturated rings. The summed E-state index contributed by atoms with van der Waals surface area (Å²) < 4.78 is 0. The van der Waals surface area contributed by atoms with Gasteiger partial charge in [-0.2, -0.15) is 0 Å². The molecule has 0 aromatic heterocycles. The second-order valence-corrected chi connectivity index (χ2v) is 4.11. The summed E-state index contributed by atoms with van der Waals surface area (Å²) in [7, 11) is 0. The van der Waals surface area contributed by atoms with Crippen LogP contribution in [0, 0.1) is 0 Å². The Morgan fingerprint density at radius 3 is 3.00 bits per heavy atom. The fraction of sp³-hybridized carbons (Fsp3) is 0.167. The highest BCUT2D eigenvalue weighted by Gasteiger charge is 2.29. The Bertz CT molecular complexity index is 441. The van der Waals surface area contributed by atoms with E-state index in [2.05, 4.69) is 41.4 Å². The van der Waals surface area contributed by atoms with Crippen molar-refractivity contribution in [3.63, 3.8) is 0 Å². The van der Waals surface area contributed by atoms with E-state index in [4.69, 9.17) is 5.73 Å². The van der Waals surface area contributed by atoms with Gasteiger partial charge in [0.15, 0.2) is 0 Å². The van der Waals surface area contributed by atoms with Gasteiger partial charge in [0.25, 0.3) is 0 Å². The van der Waals surface area contributed by atoms with E-state index in [0.29, 0.717) is 6.85 Å². The van der Waals surface area contributed by atoms with E-state index in [-0.39, 0.29) is 0 Å². The Hall–Kier alpha value is -1.64. The normalized spacial score (nSPS) is 22.8. The fourth-order valence-corrected chi connectivity index (χ4v) is 2.36. The van der Waals surface area contributed by atoms with Crippen molar-refractivity contribution in [2.75, 3.05) is 0 Å². The second-order valence-electron chi connectivity index (χ2n) is 4.11. The maximum Gasteiger partial charge on any atom is 0.318 e. The molecule has 0 amide bonds. The summed E-state index contributed by atoms with van der Waals surface area (Å²) in [6.07, 6.45) is 15.1. The molecule has 3 heteroatoms. The van der Waals surface area contributed by atoms with E-state index in [9.17, 15) is 0 Å². The lowest BCUT2D eigenvalue weighted by molar-refractivity contribution is 0.766. The van der Waals surface area contributed by atoms with E-state index in [0.717, 1.165) is 18.5 Å². The number of nitrogens with two attached hydrogens (primary N) is 1. The molecule has 0 radical (unpaired) electrons. The molecular formula is C12H13BN2. The van der Waals surface area contributed by atoms with E-state index in [1.54, 1.807) is 0 Å². The van der Waals surface area contributed by atoms with Crippen molar-refractivity contribution in [2.24, 2.45) is 5.73 Å². The number of nitrogens with zero attached hydrogens (tertiary/aromatic N) is 1. The Kier molecular flexibility index (Phi) is 1.84. The molecule has 0 unspecified atom stereocenters. The van der Waals surface area contributed by atoms with Crippen molar-refractivity contribution in [3.8, 4) is 0 Å². The molecule has 2 heterocycles. The predicted octanol–water partition coefficient (Wildman–Crippen LogP) is 1.90. The topological polar surface area (TPSA) is 29.3 Å².